The fraction of sp³-hybridized carbons (Fsp3) is 0.714. The lowest BCUT2D eigenvalue weighted by molar-refractivity contribution is -0.326. The first-order valence-electron chi connectivity index (χ1n) is 3.81. The van der Waals surface area contributed by atoms with E-state index in [1.807, 2.05) is 0 Å². The second kappa shape index (κ2) is 4.30. The van der Waals surface area contributed by atoms with Crippen LogP contribution >= 0.6 is 0 Å². The Morgan fingerprint density at radius 3 is 1.75 bits per heavy atom. The molecule has 0 unspecified atom stereocenters. The largest absolute Gasteiger partial charge is 0.413 e. The van der Waals surface area contributed by atoms with Crippen molar-refractivity contribution >= 4 is 12.2 Å². The van der Waals surface area contributed by atoms with Gasteiger partial charge in [0, 0.05) is 6.21 Å². The van der Waals surface area contributed by atoms with Crippen LogP contribution in [-0.4, -0.2) is 24.5 Å². The van der Waals surface area contributed by atoms with Crippen molar-refractivity contribution in [3.63, 3.8) is 0 Å². The van der Waals surface area contributed by atoms with Gasteiger partial charge in [0.05, 0.1) is 0 Å². The van der Waals surface area contributed by atoms with E-state index in [4.69, 9.17) is 0 Å². The molecule has 0 aliphatic heterocycles. The average Bonchev–Trinajstić information content (AvgIpc) is 2.08. The summed E-state index contributed by atoms with van der Waals surface area (Å²) in [6.07, 6.45) is -10.9. The van der Waals surface area contributed by atoms with Crippen molar-refractivity contribution in [1.29, 1.82) is 0 Å². The molecule has 0 atom stereocenters. The number of hydrogen-bond donors (Lipinski definition) is 0. The van der Waals surface area contributed by atoms with Gasteiger partial charge in [0.15, 0.2) is 0 Å². The van der Waals surface area contributed by atoms with E-state index in [1.54, 1.807) is 0 Å². The monoisotopic (exact) mass is 251 g/mol. The van der Waals surface area contributed by atoms with Crippen molar-refractivity contribution in [2.75, 3.05) is 0 Å². The van der Waals surface area contributed by atoms with Crippen molar-refractivity contribution in [1.82, 2.24) is 0 Å². The van der Waals surface area contributed by atoms with Crippen LogP contribution in [0.15, 0.2) is 5.16 Å². The molecule has 16 heavy (non-hydrogen) atoms. The molecule has 0 N–H and O–H groups in total. The van der Waals surface area contributed by atoms with Crippen LogP contribution in [0, 0.1) is 5.41 Å². The number of halogens is 6. The summed E-state index contributed by atoms with van der Waals surface area (Å²) in [6.45, 7) is 0.853. The maximum atomic E-state index is 12.2. The second-order valence-corrected chi connectivity index (χ2v) is 2.86. The van der Waals surface area contributed by atoms with E-state index in [-0.39, 0.29) is 6.92 Å². The molecule has 0 saturated carbocycles. The number of carbonyl (C=O) groups excluding carboxylic acids is 1. The third kappa shape index (κ3) is 2.45. The smallest absolute Gasteiger partial charge is 0.317 e. The summed E-state index contributed by atoms with van der Waals surface area (Å²) in [4.78, 5) is 14.2. The van der Waals surface area contributed by atoms with Crippen LogP contribution in [0.4, 0.5) is 26.3 Å². The number of rotatable bonds is 2. The molecule has 3 nitrogen and oxygen atoms in total. The molecule has 94 valence electrons. The Labute approximate surface area is 86.0 Å². The van der Waals surface area contributed by atoms with Crippen molar-refractivity contribution < 1.29 is 36.0 Å². The molecule has 0 aliphatic rings. The summed E-state index contributed by atoms with van der Waals surface area (Å²) in [5, 5.41) is 2.59. The maximum absolute atomic E-state index is 12.2. The summed E-state index contributed by atoms with van der Waals surface area (Å²) < 4.78 is 73.2. The van der Waals surface area contributed by atoms with Gasteiger partial charge in [0.25, 0.3) is 5.41 Å². The van der Waals surface area contributed by atoms with Gasteiger partial charge in [-0.2, -0.15) is 26.3 Å². The van der Waals surface area contributed by atoms with Crippen LogP contribution in [0.1, 0.15) is 13.8 Å². The van der Waals surface area contributed by atoms with Crippen molar-refractivity contribution in [2.45, 2.75) is 26.2 Å². The van der Waals surface area contributed by atoms with Gasteiger partial charge in [-0.15, -0.1) is 0 Å². The first-order valence-corrected chi connectivity index (χ1v) is 3.81. The Morgan fingerprint density at radius 2 is 1.50 bits per heavy atom. The van der Waals surface area contributed by atoms with Gasteiger partial charge in [-0.25, -0.2) is 4.79 Å². The van der Waals surface area contributed by atoms with Crippen LogP contribution in [0.25, 0.3) is 0 Å². The molecule has 9 heteroatoms. The minimum Gasteiger partial charge on any atom is -0.317 e. The fourth-order valence-electron chi connectivity index (χ4n) is 0.584. The van der Waals surface area contributed by atoms with E-state index in [2.05, 4.69) is 9.99 Å². The van der Waals surface area contributed by atoms with Crippen LogP contribution in [-0.2, 0) is 9.63 Å². The van der Waals surface area contributed by atoms with Crippen LogP contribution in [0.3, 0.4) is 0 Å². The van der Waals surface area contributed by atoms with E-state index >= 15 is 0 Å². The summed E-state index contributed by atoms with van der Waals surface area (Å²) in [5.74, 6) is -2.52. The van der Waals surface area contributed by atoms with Crippen molar-refractivity contribution in [3.05, 3.63) is 0 Å². The Morgan fingerprint density at radius 1 is 1.12 bits per heavy atom. The van der Waals surface area contributed by atoms with Gasteiger partial charge >= 0.3 is 18.3 Å². The molecule has 0 rings (SSSR count). The van der Waals surface area contributed by atoms with Gasteiger partial charge in [-0.3, -0.25) is 0 Å². The Hall–Kier alpha value is -1.28. The molecule has 0 aromatic carbocycles. The summed E-state index contributed by atoms with van der Waals surface area (Å²) >= 11 is 0. The third-order valence-corrected chi connectivity index (χ3v) is 1.78. The SMILES string of the molecule is CC=NOC(=O)C(C)(C(F)(F)F)C(F)(F)F. The zero-order valence-electron chi connectivity index (χ0n) is 8.11. The average molecular weight is 251 g/mol. The molecular weight excluding hydrogens is 244 g/mol. The highest BCUT2D eigenvalue weighted by Gasteiger charge is 2.73. The number of carbonyl (C=O) groups is 1. The first-order chi connectivity index (χ1) is 6.98. The van der Waals surface area contributed by atoms with Gasteiger partial charge < -0.3 is 4.84 Å². The summed E-state index contributed by atoms with van der Waals surface area (Å²) in [6, 6.07) is 0. The normalized spacial score (nSPS) is 14.2. The highest BCUT2D eigenvalue weighted by molar-refractivity contribution is 5.78. The molecule has 0 spiro atoms. The van der Waals surface area contributed by atoms with E-state index < -0.39 is 23.7 Å². The molecule has 0 aromatic heterocycles. The predicted octanol–water partition coefficient (Wildman–Crippen LogP) is 2.67. The standard InChI is InChI=1S/C7H7F6NO2/c1-3-14-16-4(15)5(2,6(8,9)10)7(11,12)13/h3H,1-2H3. The summed E-state index contributed by atoms with van der Waals surface area (Å²) in [7, 11) is 0. The maximum Gasteiger partial charge on any atom is 0.413 e. The van der Waals surface area contributed by atoms with E-state index in [0.29, 0.717) is 0 Å². The molecule has 0 radical (unpaired) electrons. The van der Waals surface area contributed by atoms with Crippen LogP contribution < -0.4 is 0 Å². The predicted molar refractivity (Wildman–Crippen MR) is 40.5 cm³/mol. The van der Waals surface area contributed by atoms with Gasteiger partial charge in [0.2, 0.25) is 0 Å². The number of nitrogens with zero attached hydrogens (tertiary/aromatic N) is 1. The molecule has 0 aliphatic carbocycles. The second-order valence-electron chi connectivity index (χ2n) is 2.86. The van der Waals surface area contributed by atoms with Crippen molar-refractivity contribution in [2.24, 2.45) is 10.6 Å². The lowest BCUT2D eigenvalue weighted by atomic mass is 9.89. The molecule has 0 fully saturated rings. The zero-order chi connectivity index (χ0) is 13.2. The van der Waals surface area contributed by atoms with Gasteiger partial charge in [-0.1, -0.05) is 5.16 Å². The van der Waals surface area contributed by atoms with Gasteiger partial charge in [-0.05, 0) is 13.8 Å². The first kappa shape index (κ1) is 14.7. The quantitative estimate of drug-likeness (QED) is 0.327. The topological polar surface area (TPSA) is 38.7 Å². The van der Waals surface area contributed by atoms with Crippen LogP contribution in [0.5, 0.6) is 0 Å². The number of alkyl halides is 6. The van der Waals surface area contributed by atoms with E-state index in [0.717, 1.165) is 13.1 Å². The molecule has 0 bridgehead atoms. The Kier molecular flexibility index (Phi) is 3.96. The molecule has 0 saturated heterocycles. The van der Waals surface area contributed by atoms with E-state index in [9.17, 15) is 31.1 Å². The molecule has 0 amide bonds. The highest BCUT2D eigenvalue weighted by Crippen LogP contribution is 2.50. The third-order valence-electron chi connectivity index (χ3n) is 1.78. The molecule has 0 aromatic rings. The van der Waals surface area contributed by atoms with E-state index in [1.165, 1.54) is 0 Å². The number of oxime groups is 1. The Balaban J connectivity index is 5.35. The summed E-state index contributed by atoms with van der Waals surface area (Å²) in [5.41, 5.74) is -4.59. The van der Waals surface area contributed by atoms with Crippen LogP contribution in [0.2, 0.25) is 0 Å². The minimum absolute atomic E-state index is 0.305. The molecular formula is C7H7F6NO2. The lowest BCUT2D eigenvalue weighted by Crippen LogP contribution is -2.53. The zero-order valence-corrected chi connectivity index (χ0v) is 8.11. The minimum atomic E-state index is -5.81. The van der Waals surface area contributed by atoms with Gasteiger partial charge in [0.1, 0.15) is 0 Å². The number of hydrogen-bond acceptors (Lipinski definition) is 3. The van der Waals surface area contributed by atoms with Crippen molar-refractivity contribution in [3.8, 4) is 0 Å². The highest BCUT2D eigenvalue weighted by atomic mass is 19.4. The fourth-order valence-corrected chi connectivity index (χ4v) is 0.584. The Bertz CT molecular complexity index is 278. The molecule has 0 heterocycles. The lowest BCUT2D eigenvalue weighted by Gasteiger charge is -2.30.